The summed E-state index contributed by atoms with van der Waals surface area (Å²) in [5.41, 5.74) is 12.6. The lowest BCUT2D eigenvalue weighted by Gasteiger charge is -2.11. The summed E-state index contributed by atoms with van der Waals surface area (Å²) in [4.78, 5) is 5.26. The summed E-state index contributed by atoms with van der Waals surface area (Å²) in [5, 5.41) is 8.50. The first-order valence-corrected chi connectivity index (χ1v) is 17.8. The molecule has 11 rings (SSSR count). The van der Waals surface area contributed by atoms with Gasteiger partial charge in [0.1, 0.15) is 0 Å². The van der Waals surface area contributed by atoms with Crippen molar-refractivity contribution in [3.63, 3.8) is 0 Å². The second-order valence-electron chi connectivity index (χ2n) is 13.6. The normalized spacial score (nSPS) is 11.8. The number of nitrogens with zero attached hydrogens (tertiary/aromatic N) is 3. The lowest BCUT2D eigenvalue weighted by atomic mass is 9.98. The minimum absolute atomic E-state index is 1.01. The zero-order valence-corrected chi connectivity index (χ0v) is 28.2. The van der Waals surface area contributed by atoms with Crippen molar-refractivity contribution < 1.29 is 0 Å². The molecule has 0 radical (unpaired) electrons. The van der Waals surface area contributed by atoms with Crippen LogP contribution in [0.2, 0.25) is 0 Å². The molecule has 0 fully saturated rings. The average molecular weight is 662 g/mol. The number of aromatic nitrogens is 3. The lowest BCUT2D eigenvalue weighted by molar-refractivity contribution is 1.18. The zero-order valence-electron chi connectivity index (χ0n) is 28.2. The lowest BCUT2D eigenvalue weighted by Crippen LogP contribution is -1.94. The molecule has 0 saturated heterocycles. The van der Waals surface area contributed by atoms with Gasteiger partial charge in [0.2, 0.25) is 0 Å². The third-order valence-electron chi connectivity index (χ3n) is 10.7. The molecule has 3 heteroatoms. The molecule has 0 saturated carbocycles. The molecule has 52 heavy (non-hydrogen) atoms. The number of hydrogen-bond donors (Lipinski definition) is 0. The molecule has 3 heterocycles. The summed E-state index contributed by atoms with van der Waals surface area (Å²) in [6.45, 7) is 0. The molecule has 0 aliphatic rings. The highest BCUT2D eigenvalue weighted by Crippen LogP contribution is 2.40. The number of benzene rings is 8. The zero-order chi connectivity index (χ0) is 34.2. The van der Waals surface area contributed by atoms with E-state index in [-0.39, 0.29) is 0 Å². The van der Waals surface area contributed by atoms with E-state index >= 15 is 0 Å². The first-order chi connectivity index (χ1) is 25.8. The standard InChI is InChI=1S/C49H31N3/c1-3-13-35(14-4-1)51-46-27-24-32(33-23-26-40-39-19-10-12-22-45(39)52(48(40)31-33)36-15-5-2-6-16-36)29-42(46)43-30-34(25-28-47(43)51)49-41-20-8-7-17-37(41)38-18-9-11-21-44(38)50-49/h1-31H. The van der Waals surface area contributed by atoms with Gasteiger partial charge in [-0.1, -0.05) is 121 Å². The highest BCUT2D eigenvalue weighted by molar-refractivity contribution is 6.15. The van der Waals surface area contributed by atoms with Crippen LogP contribution in [0.4, 0.5) is 0 Å². The highest BCUT2D eigenvalue weighted by atomic mass is 15.0. The van der Waals surface area contributed by atoms with E-state index in [2.05, 4.69) is 197 Å². The van der Waals surface area contributed by atoms with Crippen LogP contribution in [-0.2, 0) is 0 Å². The van der Waals surface area contributed by atoms with E-state index in [0.717, 1.165) is 33.5 Å². The Balaban J connectivity index is 1.16. The molecule has 0 atom stereocenters. The molecule has 3 aromatic heterocycles. The van der Waals surface area contributed by atoms with Crippen LogP contribution >= 0.6 is 0 Å². The van der Waals surface area contributed by atoms with Crippen LogP contribution in [0.1, 0.15) is 0 Å². The van der Waals surface area contributed by atoms with Gasteiger partial charge in [-0.3, -0.25) is 0 Å². The summed E-state index contributed by atoms with van der Waals surface area (Å²) in [6.07, 6.45) is 0. The third-order valence-corrected chi connectivity index (χ3v) is 10.7. The maximum Gasteiger partial charge on any atom is 0.0788 e. The fourth-order valence-corrected chi connectivity index (χ4v) is 8.33. The van der Waals surface area contributed by atoms with Crippen molar-refractivity contribution in [3.05, 3.63) is 188 Å². The number of para-hydroxylation sites is 4. The third kappa shape index (κ3) is 4.30. The van der Waals surface area contributed by atoms with Crippen molar-refractivity contribution in [1.82, 2.24) is 14.1 Å². The number of rotatable bonds is 4. The van der Waals surface area contributed by atoms with Crippen molar-refractivity contribution >= 4 is 65.3 Å². The van der Waals surface area contributed by atoms with Crippen LogP contribution in [0.3, 0.4) is 0 Å². The van der Waals surface area contributed by atoms with E-state index in [1.165, 1.54) is 65.5 Å². The molecule has 11 aromatic rings. The molecule has 0 aliphatic heterocycles. The number of fused-ring (bicyclic) bond motifs is 9. The van der Waals surface area contributed by atoms with Crippen LogP contribution in [-0.4, -0.2) is 14.1 Å². The van der Waals surface area contributed by atoms with E-state index in [0.29, 0.717) is 0 Å². The van der Waals surface area contributed by atoms with E-state index < -0.39 is 0 Å². The van der Waals surface area contributed by atoms with E-state index in [4.69, 9.17) is 4.98 Å². The van der Waals surface area contributed by atoms with Crippen LogP contribution in [0.25, 0.3) is 99.0 Å². The first-order valence-electron chi connectivity index (χ1n) is 17.8. The molecule has 0 spiro atoms. The van der Waals surface area contributed by atoms with Crippen LogP contribution in [0.5, 0.6) is 0 Å². The maximum absolute atomic E-state index is 5.26. The van der Waals surface area contributed by atoms with Crippen LogP contribution < -0.4 is 0 Å². The van der Waals surface area contributed by atoms with Crippen molar-refractivity contribution in [2.24, 2.45) is 0 Å². The molecule has 0 N–H and O–H groups in total. The Morgan fingerprint density at radius 3 is 1.50 bits per heavy atom. The van der Waals surface area contributed by atoms with Gasteiger partial charge in [0, 0.05) is 49.3 Å². The van der Waals surface area contributed by atoms with Gasteiger partial charge in [-0.25, -0.2) is 4.98 Å². The van der Waals surface area contributed by atoms with Gasteiger partial charge in [0.05, 0.1) is 33.3 Å². The number of hydrogen-bond acceptors (Lipinski definition) is 1. The summed E-state index contributed by atoms with van der Waals surface area (Å²) in [7, 11) is 0. The van der Waals surface area contributed by atoms with Crippen molar-refractivity contribution in [1.29, 1.82) is 0 Å². The first kappa shape index (κ1) is 28.8. The van der Waals surface area contributed by atoms with Gasteiger partial charge < -0.3 is 9.13 Å². The Bertz CT molecular complexity index is 3170. The molecule has 8 aromatic carbocycles. The fourth-order valence-electron chi connectivity index (χ4n) is 8.33. The van der Waals surface area contributed by atoms with Gasteiger partial charge in [-0.15, -0.1) is 0 Å². The Morgan fingerprint density at radius 2 is 0.769 bits per heavy atom. The molecular formula is C49H31N3. The monoisotopic (exact) mass is 661 g/mol. The average Bonchev–Trinajstić information content (AvgIpc) is 3.73. The highest BCUT2D eigenvalue weighted by Gasteiger charge is 2.18. The smallest absolute Gasteiger partial charge is 0.0788 e. The molecule has 0 unspecified atom stereocenters. The van der Waals surface area contributed by atoms with Gasteiger partial charge in [-0.2, -0.15) is 0 Å². The second-order valence-corrected chi connectivity index (χ2v) is 13.6. The summed E-state index contributed by atoms with van der Waals surface area (Å²) < 4.78 is 4.78. The molecule has 0 aliphatic carbocycles. The maximum atomic E-state index is 5.26. The summed E-state index contributed by atoms with van der Waals surface area (Å²) >= 11 is 0. The molecular weight excluding hydrogens is 631 g/mol. The van der Waals surface area contributed by atoms with E-state index in [9.17, 15) is 0 Å². The quantitative estimate of drug-likeness (QED) is 0.172. The van der Waals surface area contributed by atoms with E-state index in [1.807, 2.05) is 0 Å². The van der Waals surface area contributed by atoms with Crippen LogP contribution in [0, 0.1) is 0 Å². The second kappa shape index (κ2) is 11.3. The molecule has 3 nitrogen and oxygen atoms in total. The van der Waals surface area contributed by atoms with Gasteiger partial charge in [0.15, 0.2) is 0 Å². The minimum atomic E-state index is 1.01. The molecule has 0 bridgehead atoms. The van der Waals surface area contributed by atoms with Gasteiger partial charge in [-0.05, 0) is 83.2 Å². The Hall–Kier alpha value is -6.97. The van der Waals surface area contributed by atoms with Crippen LogP contribution in [0.15, 0.2) is 188 Å². The van der Waals surface area contributed by atoms with Gasteiger partial charge in [0.25, 0.3) is 0 Å². The summed E-state index contributed by atoms with van der Waals surface area (Å²) in [5.74, 6) is 0. The van der Waals surface area contributed by atoms with Crippen molar-refractivity contribution in [2.75, 3.05) is 0 Å². The van der Waals surface area contributed by atoms with E-state index in [1.54, 1.807) is 0 Å². The Morgan fingerprint density at radius 1 is 0.288 bits per heavy atom. The van der Waals surface area contributed by atoms with Crippen molar-refractivity contribution in [3.8, 4) is 33.8 Å². The fraction of sp³-hybridized carbons (Fsp3) is 0. The predicted octanol–water partition coefficient (Wildman–Crippen LogP) is 12.9. The molecule has 0 amide bonds. The minimum Gasteiger partial charge on any atom is -0.309 e. The topological polar surface area (TPSA) is 22.8 Å². The van der Waals surface area contributed by atoms with Gasteiger partial charge >= 0.3 is 0 Å². The number of pyridine rings is 1. The predicted molar refractivity (Wildman–Crippen MR) is 219 cm³/mol. The Labute approximate surface area is 300 Å². The van der Waals surface area contributed by atoms with Crippen molar-refractivity contribution in [2.45, 2.75) is 0 Å². The largest absolute Gasteiger partial charge is 0.309 e. The molecule has 242 valence electrons. The Kier molecular flexibility index (Phi) is 6.25. The SMILES string of the molecule is c1ccc(-n2c3ccc(-c4ccc5c6ccccc6n(-c6ccccc6)c5c4)cc3c3cc(-c4nc5ccccc5c5ccccc45)ccc32)cc1. The summed E-state index contributed by atoms with van der Waals surface area (Å²) in [6, 6.07) is 67.9.